The molecule has 88 valence electrons. The van der Waals surface area contributed by atoms with Crippen molar-refractivity contribution in [3.63, 3.8) is 0 Å². The van der Waals surface area contributed by atoms with E-state index in [1.807, 2.05) is 0 Å². The van der Waals surface area contributed by atoms with Crippen LogP contribution in [-0.2, 0) is 0 Å². The zero-order chi connectivity index (χ0) is 11.4. The average Bonchev–Trinajstić information content (AvgIpc) is 2.96. The number of hydrogen-bond acceptors (Lipinski definition) is 3. The summed E-state index contributed by atoms with van der Waals surface area (Å²) in [6, 6.07) is 3.90. The van der Waals surface area contributed by atoms with Crippen molar-refractivity contribution in [3.8, 4) is 0 Å². The van der Waals surface area contributed by atoms with Gasteiger partial charge in [0.2, 0.25) is 0 Å². The molecule has 2 rings (SSSR count). The Morgan fingerprint density at radius 2 is 2.56 bits per heavy atom. The molecule has 0 saturated carbocycles. The van der Waals surface area contributed by atoms with Crippen LogP contribution in [0.15, 0.2) is 22.8 Å². The van der Waals surface area contributed by atoms with Gasteiger partial charge < -0.3 is 9.73 Å². The van der Waals surface area contributed by atoms with Crippen molar-refractivity contribution in [2.75, 3.05) is 19.6 Å². The van der Waals surface area contributed by atoms with Gasteiger partial charge in [0.1, 0.15) is 0 Å². The van der Waals surface area contributed by atoms with Gasteiger partial charge in [0.15, 0.2) is 5.76 Å². The number of rotatable bonds is 4. The summed E-state index contributed by atoms with van der Waals surface area (Å²) in [5.41, 5.74) is 0. The minimum Gasteiger partial charge on any atom is -0.459 e. The smallest absolute Gasteiger partial charge is 0.287 e. The van der Waals surface area contributed by atoms with Crippen LogP contribution in [-0.4, -0.2) is 36.5 Å². The number of furan rings is 1. The molecule has 1 aromatic rings. The molecule has 0 aliphatic carbocycles. The lowest BCUT2D eigenvalue weighted by Crippen LogP contribution is -2.39. The van der Waals surface area contributed by atoms with E-state index in [2.05, 4.69) is 17.1 Å². The van der Waals surface area contributed by atoms with E-state index in [-0.39, 0.29) is 5.91 Å². The second-order valence-corrected chi connectivity index (χ2v) is 4.11. The van der Waals surface area contributed by atoms with Gasteiger partial charge in [-0.1, -0.05) is 6.92 Å². The maximum absolute atomic E-state index is 11.6. The van der Waals surface area contributed by atoms with Crippen LogP contribution in [0.2, 0.25) is 0 Å². The van der Waals surface area contributed by atoms with Crippen molar-refractivity contribution < 1.29 is 9.21 Å². The molecule has 1 aliphatic heterocycles. The molecule has 0 bridgehead atoms. The largest absolute Gasteiger partial charge is 0.459 e. The minimum atomic E-state index is -0.118. The summed E-state index contributed by atoms with van der Waals surface area (Å²) in [6.07, 6.45) is 3.92. The first-order chi connectivity index (χ1) is 7.81. The van der Waals surface area contributed by atoms with E-state index in [9.17, 15) is 4.79 Å². The number of carbonyl (C=O) groups excluding carboxylic acids is 1. The molecule has 0 aromatic carbocycles. The monoisotopic (exact) mass is 222 g/mol. The lowest BCUT2D eigenvalue weighted by Gasteiger charge is -2.22. The number of hydrogen-bond donors (Lipinski definition) is 1. The van der Waals surface area contributed by atoms with Gasteiger partial charge >= 0.3 is 0 Å². The molecule has 1 amide bonds. The highest BCUT2D eigenvalue weighted by Gasteiger charge is 2.23. The number of nitrogens with one attached hydrogen (secondary N) is 1. The fraction of sp³-hybridized carbons (Fsp3) is 0.583. The third-order valence-electron chi connectivity index (χ3n) is 3.15. The van der Waals surface area contributed by atoms with E-state index in [4.69, 9.17) is 4.42 Å². The van der Waals surface area contributed by atoms with Gasteiger partial charge in [-0.2, -0.15) is 0 Å². The number of likely N-dealkylation sites (tertiary alicyclic amines) is 1. The summed E-state index contributed by atoms with van der Waals surface area (Å²) in [5.74, 6) is 0.272. The molecule has 1 fully saturated rings. The Kier molecular flexibility index (Phi) is 3.62. The fourth-order valence-corrected chi connectivity index (χ4v) is 2.25. The molecule has 2 heterocycles. The zero-order valence-electron chi connectivity index (χ0n) is 9.61. The van der Waals surface area contributed by atoms with Crippen LogP contribution in [0.1, 0.15) is 30.3 Å². The van der Waals surface area contributed by atoms with E-state index in [0.717, 1.165) is 13.1 Å². The lowest BCUT2D eigenvalue weighted by atomic mass is 10.2. The normalized spacial score (nSPS) is 21.2. The Morgan fingerprint density at radius 3 is 3.25 bits per heavy atom. The Hall–Kier alpha value is -1.29. The quantitative estimate of drug-likeness (QED) is 0.839. The van der Waals surface area contributed by atoms with Crippen molar-refractivity contribution in [1.82, 2.24) is 10.2 Å². The second kappa shape index (κ2) is 5.16. The first kappa shape index (κ1) is 11.2. The molecular formula is C12H18N2O2. The van der Waals surface area contributed by atoms with Gasteiger partial charge in [0.05, 0.1) is 6.26 Å². The molecule has 0 unspecified atom stereocenters. The summed E-state index contributed by atoms with van der Waals surface area (Å²) in [5, 5.41) is 2.92. The first-order valence-electron chi connectivity index (χ1n) is 5.87. The highest BCUT2D eigenvalue weighted by atomic mass is 16.3. The second-order valence-electron chi connectivity index (χ2n) is 4.11. The van der Waals surface area contributed by atoms with Crippen LogP contribution >= 0.6 is 0 Å². The molecule has 1 atom stereocenters. The molecule has 4 nitrogen and oxygen atoms in total. The van der Waals surface area contributed by atoms with Crippen LogP contribution in [0.4, 0.5) is 0 Å². The van der Waals surface area contributed by atoms with E-state index >= 15 is 0 Å². The third-order valence-corrected chi connectivity index (χ3v) is 3.15. The molecule has 0 radical (unpaired) electrons. The van der Waals surface area contributed by atoms with E-state index in [1.165, 1.54) is 19.1 Å². The topological polar surface area (TPSA) is 45.5 Å². The molecular weight excluding hydrogens is 204 g/mol. The van der Waals surface area contributed by atoms with Crippen molar-refractivity contribution in [2.24, 2.45) is 0 Å². The summed E-state index contributed by atoms with van der Waals surface area (Å²) in [6.45, 7) is 5.08. The summed E-state index contributed by atoms with van der Waals surface area (Å²) in [4.78, 5) is 14.0. The molecule has 4 heteroatoms. The Bertz CT molecular complexity index is 335. The minimum absolute atomic E-state index is 0.118. The first-order valence-corrected chi connectivity index (χ1v) is 5.87. The standard InChI is InChI=1S/C12H18N2O2/c1-2-14-7-3-5-10(14)9-13-12(15)11-6-4-8-16-11/h4,6,8,10H,2-3,5,7,9H2,1H3,(H,13,15)/t10-/m0/s1. The predicted molar refractivity (Wildman–Crippen MR) is 61.3 cm³/mol. The van der Waals surface area contributed by atoms with Gasteiger partial charge in [-0.3, -0.25) is 9.69 Å². The molecule has 1 aliphatic rings. The number of carbonyl (C=O) groups is 1. The van der Waals surface area contributed by atoms with Gasteiger partial charge in [-0.25, -0.2) is 0 Å². The van der Waals surface area contributed by atoms with Crippen LogP contribution in [0.5, 0.6) is 0 Å². The van der Waals surface area contributed by atoms with Gasteiger partial charge in [0.25, 0.3) is 5.91 Å². The van der Waals surface area contributed by atoms with E-state index < -0.39 is 0 Å². The summed E-state index contributed by atoms with van der Waals surface area (Å²) >= 11 is 0. The van der Waals surface area contributed by atoms with Crippen molar-refractivity contribution in [1.29, 1.82) is 0 Å². The molecule has 1 aromatic heterocycles. The van der Waals surface area contributed by atoms with Crippen LogP contribution in [0, 0.1) is 0 Å². The van der Waals surface area contributed by atoms with Crippen molar-refractivity contribution >= 4 is 5.91 Å². The van der Waals surface area contributed by atoms with Crippen molar-refractivity contribution in [3.05, 3.63) is 24.2 Å². The highest BCUT2D eigenvalue weighted by molar-refractivity contribution is 5.91. The highest BCUT2D eigenvalue weighted by Crippen LogP contribution is 2.15. The van der Waals surface area contributed by atoms with E-state index in [1.54, 1.807) is 12.1 Å². The van der Waals surface area contributed by atoms with Crippen LogP contribution in [0.25, 0.3) is 0 Å². The number of nitrogens with zero attached hydrogens (tertiary/aromatic N) is 1. The van der Waals surface area contributed by atoms with Gasteiger partial charge in [-0.15, -0.1) is 0 Å². The Balaban J connectivity index is 1.81. The number of likely N-dealkylation sites (N-methyl/N-ethyl adjacent to an activating group) is 1. The average molecular weight is 222 g/mol. The van der Waals surface area contributed by atoms with Crippen LogP contribution in [0.3, 0.4) is 0 Å². The van der Waals surface area contributed by atoms with Crippen LogP contribution < -0.4 is 5.32 Å². The maximum atomic E-state index is 11.6. The number of amides is 1. The summed E-state index contributed by atoms with van der Waals surface area (Å²) in [7, 11) is 0. The zero-order valence-corrected chi connectivity index (χ0v) is 9.61. The Labute approximate surface area is 95.6 Å². The van der Waals surface area contributed by atoms with E-state index in [0.29, 0.717) is 18.3 Å². The molecule has 1 saturated heterocycles. The Morgan fingerprint density at radius 1 is 1.69 bits per heavy atom. The molecule has 0 spiro atoms. The van der Waals surface area contributed by atoms with Gasteiger partial charge in [0, 0.05) is 12.6 Å². The maximum Gasteiger partial charge on any atom is 0.287 e. The van der Waals surface area contributed by atoms with Gasteiger partial charge in [-0.05, 0) is 38.1 Å². The SMILES string of the molecule is CCN1CCC[C@H]1CNC(=O)c1ccco1. The summed E-state index contributed by atoms with van der Waals surface area (Å²) < 4.78 is 5.04. The third kappa shape index (κ3) is 2.44. The predicted octanol–water partition coefficient (Wildman–Crippen LogP) is 1.49. The molecule has 1 N–H and O–H groups in total. The lowest BCUT2D eigenvalue weighted by molar-refractivity contribution is 0.0913. The molecule has 16 heavy (non-hydrogen) atoms. The fourth-order valence-electron chi connectivity index (χ4n) is 2.25. The van der Waals surface area contributed by atoms with Crippen molar-refractivity contribution in [2.45, 2.75) is 25.8 Å².